The number of fused-ring (bicyclic) bond motifs is 15. The number of carbonyl (C=O) groups is 8. The van der Waals surface area contributed by atoms with Crippen LogP contribution in [0.4, 0.5) is 0 Å². The standard InChI is InChI=1S/C69H78Cl2N6O24/c1-26(2)12-40(74-5)43(81)21-36-57(86)29-7-10-47(38(70)14-29)97-49-16-31-17-50(61(49)101-68-62(60(89)59(88)51(25-78)99-68)100-53-24-69(4,73)63(90)27(3)96-53)98-48-11-8-30(15-39(48)71)58(87)37-22-46(84)55(76-64(91)33(31)20-44(82)41(23-52(72)85)75-65(36)92)28-6-9-42(80)34(13-28)54-35(18-32(79)19-45(54)83)56(67(94)95)77-66(37)93/h6-11,13-19,26-27,33,36-37,40-41,51,53,55-60,62-63,68,74,78-80,83,86-90H,12,20-25,73H2,1-5H3,(H2,72,85)(H,75,92)(H,76,91)(H,77,93)(H,94,95)/t27-,33+,36+,37-,40+,41-,51+,53?,55+,56-,57+,58?,59+,60-,62+,63+,68-,69-/m0/s1. The van der Waals surface area contributed by atoms with Crippen molar-refractivity contribution in [1.29, 1.82) is 0 Å². The largest absolute Gasteiger partial charge is 0.508 e. The Labute approximate surface area is 586 Å². The summed E-state index contributed by atoms with van der Waals surface area (Å²) in [5.74, 6) is -20.0. The Hall–Kier alpha value is -8.60. The van der Waals surface area contributed by atoms with Crippen molar-refractivity contribution in [2.45, 2.75) is 163 Å². The van der Waals surface area contributed by atoms with Crippen molar-refractivity contribution in [2.75, 3.05) is 13.7 Å². The van der Waals surface area contributed by atoms with Gasteiger partial charge in [0.1, 0.15) is 53.1 Å². The Morgan fingerprint density at radius 2 is 1.37 bits per heavy atom. The number of hydrogen-bond acceptors (Lipinski definition) is 25. The van der Waals surface area contributed by atoms with E-state index in [0.29, 0.717) is 0 Å². The summed E-state index contributed by atoms with van der Waals surface area (Å²) in [5.41, 5.74) is 8.61. The van der Waals surface area contributed by atoms with Gasteiger partial charge in [0.15, 0.2) is 47.3 Å². The first kappa shape index (κ1) is 75.1. The van der Waals surface area contributed by atoms with Crippen LogP contribution in [0.15, 0.2) is 78.9 Å². The van der Waals surface area contributed by atoms with Crippen LogP contribution in [0.3, 0.4) is 0 Å². The highest BCUT2D eigenvalue weighted by molar-refractivity contribution is 6.32. The smallest absolute Gasteiger partial charge is 0.330 e. The predicted molar refractivity (Wildman–Crippen MR) is 353 cm³/mol. The molecule has 0 saturated carbocycles. The summed E-state index contributed by atoms with van der Waals surface area (Å²) >= 11 is 14.2. The van der Waals surface area contributed by atoms with E-state index >= 15 is 14.4 Å². The summed E-state index contributed by atoms with van der Waals surface area (Å²) in [7, 11) is 1.52. The molecule has 2 saturated heterocycles. The van der Waals surface area contributed by atoms with Gasteiger partial charge in [-0.1, -0.05) is 55.2 Å². The number of ether oxygens (including phenoxy) is 6. The van der Waals surface area contributed by atoms with Crippen molar-refractivity contribution >= 4 is 70.1 Å². The van der Waals surface area contributed by atoms with Gasteiger partial charge in [-0.2, -0.15) is 0 Å². The Morgan fingerprint density at radius 3 is 1.95 bits per heavy atom. The molecule has 542 valence electrons. The first-order valence-electron chi connectivity index (χ1n) is 32.3. The number of aromatic hydroxyl groups is 3. The molecule has 4 amide bonds. The summed E-state index contributed by atoms with van der Waals surface area (Å²) in [6.07, 6.45) is -20.8. The fourth-order valence-corrected chi connectivity index (χ4v) is 13.7. The molecule has 0 aliphatic carbocycles. The van der Waals surface area contributed by atoms with Gasteiger partial charge in [0.2, 0.25) is 35.7 Å². The Balaban J connectivity index is 1.24. The molecule has 18 atom stereocenters. The number of rotatable bonds is 14. The van der Waals surface area contributed by atoms with Crippen LogP contribution in [0, 0.1) is 17.8 Å². The number of aliphatic hydroxyl groups excluding tert-OH is 6. The zero-order valence-electron chi connectivity index (χ0n) is 54.9. The number of nitrogens with one attached hydrogen (secondary N) is 4. The molecule has 0 aromatic heterocycles. The quantitative estimate of drug-likeness (QED) is 0.0759. The van der Waals surface area contributed by atoms with E-state index in [4.69, 9.17) is 63.1 Å². The Morgan fingerprint density at radius 1 is 0.733 bits per heavy atom. The van der Waals surface area contributed by atoms with E-state index in [2.05, 4.69) is 21.3 Å². The molecular formula is C69H78Cl2N6O24. The van der Waals surface area contributed by atoms with E-state index in [-0.39, 0.29) is 57.5 Å². The summed E-state index contributed by atoms with van der Waals surface area (Å²) in [4.78, 5) is 118. The number of phenolic OH excluding ortho intramolecular Hbond substituents is 3. The normalized spacial score (nSPS) is 29.6. The highest BCUT2D eigenvalue weighted by Gasteiger charge is 2.51. The van der Waals surface area contributed by atoms with Crippen molar-refractivity contribution in [1.82, 2.24) is 21.3 Å². The zero-order valence-corrected chi connectivity index (χ0v) is 56.5. The Bertz CT molecular complexity index is 4060. The van der Waals surface area contributed by atoms with Crippen LogP contribution in [0.2, 0.25) is 10.0 Å². The third-order valence-electron chi connectivity index (χ3n) is 18.7. The highest BCUT2D eigenvalue weighted by atomic mass is 35.5. The molecule has 7 aliphatic rings. The van der Waals surface area contributed by atoms with Gasteiger partial charge in [0.25, 0.3) is 0 Å². The molecule has 2 fully saturated rings. The minimum absolute atomic E-state index is 0.0458. The van der Waals surface area contributed by atoms with Crippen molar-refractivity contribution in [3.63, 3.8) is 0 Å². The van der Waals surface area contributed by atoms with Crippen LogP contribution in [0.25, 0.3) is 11.1 Å². The summed E-state index contributed by atoms with van der Waals surface area (Å²) in [6.45, 7) is 5.77. The first-order valence-corrected chi connectivity index (χ1v) is 33.0. The number of Topliss-reactive ketones (excluding diaryl/α,β-unsaturated/α-hetero) is 3. The van der Waals surface area contributed by atoms with E-state index in [1.54, 1.807) is 0 Å². The fraction of sp³-hybridized carbons (Fsp3) is 0.449. The molecule has 30 nitrogen and oxygen atoms in total. The number of aliphatic carboxylic acids is 1. The lowest BCUT2D eigenvalue weighted by Gasteiger charge is -2.47. The summed E-state index contributed by atoms with van der Waals surface area (Å²) < 4.78 is 38.5. The van der Waals surface area contributed by atoms with E-state index in [1.807, 2.05) is 13.8 Å². The number of phenols is 3. The Kier molecular flexibility index (Phi) is 22.7. The van der Waals surface area contributed by atoms with Gasteiger partial charge in [-0.15, -0.1) is 0 Å². The van der Waals surface area contributed by atoms with Crippen molar-refractivity contribution in [2.24, 2.45) is 29.2 Å². The molecular weight excluding hydrogens is 1370 g/mol. The topological polar surface area (TPSA) is 494 Å². The number of ketones is 3. The monoisotopic (exact) mass is 1440 g/mol. The number of nitrogens with two attached hydrogens (primary N) is 2. The number of carboxylic acids is 1. The molecule has 7 heterocycles. The van der Waals surface area contributed by atoms with Gasteiger partial charge >= 0.3 is 5.97 Å². The minimum Gasteiger partial charge on any atom is -0.508 e. The third kappa shape index (κ3) is 16.0. The molecule has 11 bridgehead atoms. The third-order valence-corrected chi connectivity index (χ3v) is 19.3. The molecule has 5 aromatic rings. The predicted octanol–water partition coefficient (Wildman–Crippen LogP) is 3.17. The molecule has 32 heteroatoms. The second-order valence-corrected chi connectivity index (χ2v) is 27.4. The maximum atomic E-state index is 16.1. The number of primary amides is 1. The molecule has 7 aliphatic heterocycles. The van der Waals surface area contributed by atoms with Gasteiger partial charge in [-0.25, -0.2) is 4.79 Å². The number of amides is 4. The highest BCUT2D eigenvalue weighted by Crippen LogP contribution is 2.51. The van der Waals surface area contributed by atoms with Crippen LogP contribution in [0.1, 0.15) is 124 Å². The molecule has 2 unspecified atom stereocenters. The van der Waals surface area contributed by atoms with Gasteiger partial charge in [-0.05, 0) is 110 Å². The molecule has 18 N–H and O–H groups in total. The van der Waals surface area contributed by atoms with E-state index < -0.39 is 244 Å². The molecule has 0 spiro atoms. The molecule has 101 heavy (non-hydrogen) atoms. The van der Waals surface area contributed by atoms with Crippen molar-refractivity contribution < 1.29 is 118 Å². The van der Waals surface area contributed by atoms with E-state index in [0.717, 1.165) is 48.5 Å². The van der Waals surface area contributed by atoms with E-state index in [9.17, 15) is 75.0 Å². The number of carbonyl (C=O) groups excluding carboxylic acids is 7. The van der Waals surface area contributed by atoms with Gasteiger partial charge in [0, 0.05) is 54.0 Å². The molecule has 12 rings (SSSR count). The number of aliphatic hydroxyl groups is 6. The van der Waals surface area contributed by atoms with Crippen LogP contribution in [0.5, 0.6) is 46.0 Å². The van der Waals surface area contributed by atoms with Crippen LogP contribution < -0.4 is 46.9 Å². The minimum atomic E-state index is -2.20. The second-order valence-electron chi connectivity index (χ2n) is 26.6. The molecule has 5 aromatic carbocycles. The fourth-order valence-electron chi connectivity index (χ4n) is 13.3. The number of halogens is 2. The lowest BCUT2D eigenvalue weighted by atomic mass is 9.84. The van der Waals surface area contributed by atoms with Gasteiger partial charge in [0.05, 0.1) is 77.3 Å². The van der Waals surface area contributed by atoms with Crippen molar-refractivity contribution in [3.8, 4) is 57.1 Å². The number of benzene rings is 5. The summed E-state index contributed by atoms with van der Waals surface area (Å²) in [5, 5.41) is 124. The van der Waals surface area contributed by atoms with Gasteiger partial charge in [-0.3, -0.25) is 33.6 Å². The average molecular weight is 1450 g/mol. The zero-order chi connectivity index (χ0) is 73.5. The average Bonchev–Trinajstić information content (AvgIpc) is 0.775. The van der Waals surface area contributed by atoms with Crippen LogP contribution in [-0.2, 0) is 52.6 Å². The lowest BCUT2D eigenvalue weighted by molar-refractivity contribution is -0.333. The first-order chi connectivity index (χ1) is 47.7. The SMILES string of the molecule is CN[C@H](CC(C)C)C(=O)C[C@H]1C(=O)N[C@@H](CC(N)=O)C(=O)C[C@H]2C(=O)N[C@H]3C(=O)C[C@H](C(=O)N[C@H](C(=O)O)c4cc(O)cc(O)c4-c4cc3ccc4O)C(O)c3ccc(c(Cl)c3)Oc3cc2cc(c3O[C@@H]2O[C@H](CO)[C@@H](O)[C@H](O)[C@H]2OC2C[C@](C)(N)[C@H](O)[C@H](C)O2)Oc2ccc(cc2Cl)[C@H]1O. The maximum absolute atomic E-state index is 16.1. The van der Waals surface area contributed by atoms with Gasteiger partial charge < -0.3 is 112 Å². The number of hydrogen-bond donors (Lipinski definition) is 16. The van der Waals surface area contributed by atoms with Crippen LogP contribution >= 0.6 is 23.2 Å². The second kappa shape index (κ2) is 30.5. The number of carboxylic acid groups (broad SMARTS) is 1. The lowest BCUT2D eigenvalue weighted by Crippen LogP contribution is -2.64. The maximum Gasteiger partial charge on any atom is 0.330 e. The van der Waals surface area contributed by atoms with Crippen LogP contribution in [-0.4, -0.2) is 178 Å². The van der Waals surface area contributed by atoms with E-state index in [1.165, 1.54) is 51.2 Å². The molecule has 0 radical (unpaired) electrons. The van der Waals surface area contributed by atoms with Crippen molar-refractivity contribution in [3.05, 3.63) is 117 Å². The number of likely N-dealkylation sites (N-methyl/N-ethyl adjacent to an activating group) is 1. The summed E-state index contributed by atoms with van der Waals surface area (Å²) in [6, 6.07) is 7.24.